The highest BCUT2D eigenvalue weighted by molar-refractivity contribution is 6.31. The second kappa shape index (κ2) is 7.86. The van der Waals surface area contributed by atoms with Crippen LogP contribution in [0.5, 0.6) is 0 Å². The maximum Gasteiger partial charge on any atom is 0.355 e. The van der Waals surface area contributed by atoms with E-state index in [0.717, 1.165) is 0 Å². The number of carbonyl (C=O) groups excluding carboxylic acids is 2. The topological polar surface area (TPSA) is 68.4 Å². The third-order valence-corrected chi connectivity index (χ3v) is 4.55. The summed E-state index contributed by atoms with van der Waals surface area (Å²) in [7, 11) is 2.54. The van der Waals surface area contributed by atoms with E-state index in [-0.39, 0.29) is 11.4 Å². The molecule has 0 fully saturated rings. The molecule has 27 heavy (non-hydrogen) atoms. The van der Waals surface area contributed by atoms with E-state index in [9.17, 15) is 9.59 Å². The number of ether oxygens (including phenoxy) is 2. The summed E-state index contributed by atoms with van der Waals surface area (Å²) in [6, 6.07) is 13.9. The Kier molecular flexibility index (Phi) is 5.54. The van der Waals surface area contributed by atoms with Crippen LogP contribution in [-0.4, -0.2) is 31.1 Å². The van der Waals surface area contributed by atoms with Gasteiger partial charge in [0.15, 0.2) is 0 Å². The van der Waals surface area contributed by atoms with Crippen LogP contribution < -0.4 is 0 Å². The Hall–Kier alpha value is -2.76. The van der Waals surface area contributed by atoms with Crippen LogP contribution in [0.25, 0.3) is 22.3 Å². The number of hydrogen-bond donors (Lipinski definition) is 1. The number of rotatable bonds is 4. The fourth-order valence-corrected chi connectivity index (χ4v) is 3.07. The molecule has 138 valence electrons. The molecule has 0 saturated carbocycles. The zero-order chi connectivity index (χ0) is 19.6. The molecule has 0 saturated heterocycles. The van der Waals surface area contributed by atoms with Gasteiger partial charge in [-0.25, -0.2) is 9.59 Å². The van der Waals surface area contributed by atoms with Crippen LogP contribution in [0.4, 0.5) is 0 Å². The summed E-state index contributed by atoms with van der Waals surface area (Å²) in [5.74, 6) is -1.21. The van der Waals surface area contributed by atoms with Crippen molar-refractivity contribution in [2.45, 2.75) is 0 Å². The monoisotopic (exact) mass is 403 g/mol. The van der Waals surface area contributed by atoms with E-state index in [0.29, 0.717) is 32.3 Å². The van der Waals surface area contributed by atoms with Gasteiger partial charge >= 0.3 is 11.9 Å². The van der Waals surface area contributed by atoms with Gasteiger partial charge in [-0.05, 0) is 35.4 Å². The number of aromatic nitrogens is 1. The normalized spacial score (nSPS) is 10.5. The maximum atomic E-state index is 12.4. The Labute approximate surface area is 165 Å². The van der Waals surface area contributed by atoms with Gasteiger partial charge in [0.25, 0.3) is 0 Å². The molecule has 2 aromatic carbocycles. The Morgan fingerprint density at radius 2 is 1.04 bits per heavy atom. The Balaban J connectivity index is 2.37. The zero-order valence-electron chi connectivity index (χ0n) is 14.5. The lowest BCUT2D eigenvalue weighted by molar-refractivity contribution is 0.0591. The average Bonchev–Trinajstić information content (AvgIpc) is 3.08. The molecular formula is C20H15Cl2NO4. The van der Waals surface area contributed by atoms with E-state index in [1.807, 2.05) is 0 Å². The minimum absolute atomic E-state index is 0.144. The van der Waals surface area contributed by atoms with E-state index >= 15 is 0 Å². The number of H-pyrrole nitrogens is 1. The summed E-state index contributed by atoms with van der Waals surface area (Å²) in [5, 5.41) is 1.10. The zero-order valence-corrected chi connectivity index (χ0v) is 16.0. The molecule has 0 radical (unpaired) electrons. The van der Waals surface area contributed by atoms with E-state index in [2.05, 4.69) is 4.98 Å². The van der Waals surface area contributed by atoms with Crippen molar-refractivity contribution in [1.29, 1.82) is 0 Å². The van der Waals surface area contributed by atoms with E-state index in [1.54, 1.807) is 48.5 Å². The van der Waals surface area contributed by atoms with Crippen molar-refractivity contribution in [2.75, 3.05) is 14.2 Å². The van der Waals surface area contributed by atoms with Gasteiger partial charge in [-0.3, -0.25) is 0 Å². The molecular weight excluding hydrogens is 389 g/mol. The van der Waals surface area contributed by atoms with Crippen molar-refractivity contribution in [2.24, 2.45) is 0 Å². The number of esters is 2. The lowest BCUT2D eigenvalue weighted by Gasteiger charge is -2.09. The molecule has 0 bridgehead atoms. The van der Waals surface area contributed by atoms with Crippen LogP contribution in [0.2, 0.25) is 10.0 Å². The SMILES string of the molecule is COC(=O)c1[nH]c(C(=O)OC)c(-c2ccc(Cl)cc2)c1-c1ccc(Cl)cc1. The van der Waals surface area contributed by atoms with Crippen LogP contribution in [-0.2, 0) is 9.47 Å². The summed E-state index contributed by atoms with van der Waals surface area (Å²) in [6.07, 6.45) is 0. The van der Waals surface area contributed by atoms with Crippen LogP contribution in [0.15, 0.2) is 48.5 Å². The third kappa shape index (κ3) is 3.70. The molecule has 0 amide bonds. The fraction of sp³-hybridized carbons (Fsp3) is 0.100. The third-order valence-electron chi connectivity index (χ3n) is 4.04. The van der Waals surface area contributed by atoms with Gasteiger partial charge in [0.1, 0.15) is 11.4 Å². The molecule has 3 rings (SSSR count). The molecule has 5 nitrogen and oxygen atoms in total. The van der Waals surface area contributed by atoms with E-state index in [4.69, 9.17) is 32.7 Å². The highest BCUT2D eigenvalue weighted by atomic mass is 35.5. The van der Waals surface area contributed by atoms with Crippen molar-refractivity contribution in [3.05, 3.63) is 70.0 Å². The van der Waals surface area contributed by atoms with Crippen molar-refractivity contribution in [1.82, 2.24) is 4.98 Å². The first-order valence-electron chi connectivity index (χ1n) is 7.90. The Morgan fingerprint density at radius 1 is 0.704 bits per heavy atom. The van der Waals surface area contributed by atoms with Gasteiger partial charge in [0, 0.05) is 21.2 Å². The second-order valence-corrected chi connectivity index (χ2v) is 6.49. The van der Waals surface area contributed by atoms with Crippen molar-refractivity contribution in [3.8, 4) is 22.3 Å². The number of hydrogen-bond acceptors (Lipinski definition) is 4. The molecule has 0 aliphatic carbocycles. The first-order valence-corrected chi connectivity index (χ1v) is 8.66. The van der Waals surface area contributed by atoms with Gasteiger partial charge in [0.2, 0.25) is 0 Å². The van der Waals surface area contributed by atoms with E-state index < -0.39 is 11.9 Å². The largest absolute Gasteiger partial charge is 0.464 e. The lowest BCUT2D eigenvalue weighted by atomic mass is 9.94. The summed E-state index contributed by atoms with van der Waals surface area (Å²) in [5.41, 5.74) is 2.70. The predicted molar refractivity (Wildman–Crippen MR) is 104 cm³/mol. The Bertz CT molecular complexity index is 912. The first kappa shape index (κ1) is 19.0. The molecule has 0 unspecified atom stereocenters. The maximum absolute atomic E-state index is 12.4. The van der Waals surface area contributed by atoms with Gasteiger partial charge in [-0.2, -0.15) is 0 Å². The van der Waals surface area contributed by atoms with Crippen LogP contribution in [0.1, 0.15) is 21.0 Å². The number of methoxy groups -OCH3 is 2. The molecule has 3 aromatic rings. The summed E-state index contributed by atoms with van der Waals surface area (Å²) in [4.78, 5) is 27.6. The number of carbonyl (C=O) groups is 2. The first-order chi connectivity index (χ1) is 13.0. The molecule has 0 aliphatic rings. The van der Waals surface area contributed by atoms with Gasteiger partial charge < -0.3 is 14.5 Å². The number of benzene rings is 2. The van der Waals surface area contributed by atoms with Gasteiger partial charge in [0.05, 0.1) is 14.2 Å². The summed E-state index contributed by atoms with van der Waals surface area (Å²) < 4.78 is 9.78. The lowest BCUT2D eigenvalue weighted by Crippen LogP contribution is -2.06. The Morgan fingerprint density at radius 3 is 1.33 bits per heavy atom. The average molecular weight is 404 g/mol. The molecule has 1 N–H and O–H groups in total. The van der Waals surface area contributed by atoms with Crippen molar-refractivity contribution >= 4 is 35.1 Å². The summed E-state index contributed by atoms with van der Waals surface area (Å²) in [6.45, 7) is 0. The summed E-state index contributed by atoms with van der Waals surface area (Å²) >= 11 is 12.0. The van der Waals surface area contributed by atoms with Crippen molar-refractivity contribution < 1.29 is 19.1 Å². The van der Waals surface area contributed by atoms with Crippen molar-refractivity contribution in [3.63, 3.8) is 0 Å². The fourth-order valence-electron chi connectivity index (χ4n) is 2.82. The van der Waals surface area contributed by atoms with Crippen LogP contribution in [0, 0.1) is 0 Å². The highest BCUT2D eigenvalue weighted by Crippen LogP contribution is 2.39. The van der Waals surface area contributed by atoms with Crippen LogP contribution >= 0.6 is 23.2 Å². The number of nitrogens with one attached hydrogen (secondary N) is 1. The molecule has 0 atom stereocenters. The number of halogens is 2. The van der Waals surface area contributed by atoms with E-state index in [1.165, 1.54) is 14.2 Å². The second-order valence-electron chi connectivity index (χ2n) is 5.62. The minimum Gasteiger partial charge on any atom is -0.464 e. The number of aromatic amines is 1. The standard InChI is InChI=1S/C20H15Cl2NO4/c1-26-19(24)17-15(11-3-7-13(21)8-4-11)16(18(23-17)20(25)27-2)12-5-9-14(22)10-6-12/h3-10,23H,1-2H3. The molecule has 1 heterocycles. The quantitative estimate of drug-likeness (QED) is 0.605. The highest BCUT2D eigenvalue weighted by Gasteiger charge is 2.28. The predicted octanol–water partition coefficient (Wildman–Crippen LogP) is 5.23. The molecule has 0 aliphatic heterocycles. The van der Waals surface area contributed by atoms with Crippen LogP contribution in [0.3, 0.4) is 0 Å². The molecule has 7 heteroatoms. The molecule has 0 spiro atoms. The minimum atomic E-state index is -0.606. The molecule has 1 aromatic heterocycles. The smallest absolute Gasteiger partial charge is 0.355 e. The van der Waals surface area contributed by atoms with Gasteiger partial charge in [-0.1, -0.05) is 47.5 Å². The van der Waals surface area contributed by atoms with Gasteiger partial charge in [-0.15, -0.1) is 0 Å².